The molecule has 0 atom stereocenters. The van der Waals surface area contributed by atoms with Gasteiger partial charge >= 0.3 is 0 Å². The number of nitrogens with two attached hydrogens (primary N) is 1. The summed E-state index contributed by atoms with van der Waals surface area (Å²) in [6.45, 7) is 0. The number of rotatable bonds is 2. The molecular weight excluding hydrogens is 236 g/mol. The van der Waals surface area contributed by atoms with Crippen LogP contribution >= 0.6 is 0 Å². The Kier molecular flexibility index (Phi) is 2.63. The van der Waals surface area contributed by atoms with Gasteiger partial charge in [0.1, 0.15) is 0 Å². The van der Waals surface area contributed by atoms with Crippen molar-refractivity contribution in [2.24, 2.45) is 0 Å². The average Bonchev–Trinajstić information content (AvgIpc) is 2.17. The fraction of sp³-hybridized carbons (Fsp3) is 0.417. The van der Waals surface area contributed by atoms with Crippen LogP contribution in [0.4, 0.5) is 5.69 Å². The van der Waals surface area contributed by atoms with E-state index in [1.165, 1.54) is 0 Å². The van der Waals surface area contributed by atoms with E-state index in [0.29, 0.717) is 0 Å². The number of hydrogen-bond acceptors (Lipinski definition) is 4. The lowest BCUT2D eigenvalue weighted by atomic mass is 9.65. The van der Waals surface area contributed by atoms with E-state index >= 15 is 0 Å². The zero-order valence-electron chi connectivity index (χ0n) is 9.60. The van der Waals surface area contributed by atoms with Crippen molar-refractivity contribution in [1.82, 2.24) is 0 Å². The highest BCUT2D eigenvalue weighted by atomic mass is 32.2. The molecule has 17 heavy (non-hydrogen) atoms. The Morgan fingerprint density at radius 3 is 2.47 bits per heavy atom. The first kappa shape index (κ1) is 11.9. The summed E-state index contributed by atoms with van der Waals surface area (Å²) in [7, 11) is -3.34. The maximum atomic E-state index is 11.6. The largest absolute Gasteiger partial charge is 0.398 e. The van der Waals surface area contributed by atoms with Crippen LogP contribution in [0, 0.1) is 11.3 Å². The normalized spacial score (nSPS) is 18.1. The Balaban J connectivity index is 2.57. The number of hydrogen-bond donors (Lipinski definition) is 1. The Morgan fingerprint density at radius 2 is 2.06 bits per heavy atom. The Labute approximate surface area is 101 Å². The minimum atomic E-state index is -3.34. The summed E-state index contributed by atoms with van der Waals surface area (Å²) in [4.78, 5) is 0.122. The molecule has 0 saturated heterocycles. The number of sulfone groups is 1. The predicted molar refractivity (Wildman–Crippen MR) is 65.1 cm³/mol. The number of nitrogens with zero attached hydrogens (tertiary/aromatic N) is 1. The molecule has 4 nitrogen and oxygen atoms in total. The van der Waals surface area contributed by atoms with Crippen LogP contribution in [0.1, 0.15) is 24.8 Å². The van der Waals surface area contributed by atoms with E-state index in [4.69, 9.17) is 5.73 Å². The maximum Gasteiger partial charge on any atom is 0.177 e. The van der Waals surface area contributed by atoms with E-state index in [9.17, 15) is 13.7 Å². The van der Waals surface area contributed by atoms with Crippen molar-refractivity contribution >= 4 is 15.5 Å². The van der Waals surface area contributed by atoms with Gasteiger partial charge in [-0.2, -0.15) is 5.26 Å². The minimum Gasteiger partial charge on any atom is -0.398 e. The van der Waals surface area contributed by atoms with Crippen molar-refractivity contribution in [3.8, 4) is 6.07 Å². The van der Waals surface area contributed by atoms with E-state index in [0.717, 1.165) is 31.1 Å². The minimum absolute atomic E-state index is 0.122. The Bertz CT molecular complexity index is 595. The smallest absolute Gasteiger partial charge is 0.177 e. The van der Waals surface area contributed by atoms with E-state index in [-0.39, 0.29) is 10.6 Å². The van der Waals surface area contributed by atoms with Gasteiger partial charge in [0.2, 0.25) is 0 Å². The van der Waals surface area contributed by atoms with Gasteiger partial charge in [0.05, 0.1) is 22.1 Å². The highest BCUT2D eigenvalue weighted by Crippen LogP contribution is 2.44. The third kappa shape index (κ3) is 1.89. The van der Waals surface area contributed by atoms with E-state index in [1.807, 2.05) is 0 Å². The third-order valence-corrected chi connectivity index (χ3v) is 4.54. The first-order valence-electron chi connectivity index (χ1n) is 5.40. The predicted octanol–water partition coefficient (Wildman–Crippen LogP) is 1.62. The first-order chi connectivity index (χ1) is 7.89. The number of benzene rings is 1. The molecule has 0 spiro atoms. The van der Waals surface area contributed by atoms with Crippen molar-refractivity contribution in [3.63, 3.8) is 0 Å². The zero-order chi connectivity index (χ0) is 12.7. The van der Waals surface area contributed by atoms with Gasteiger partial charge in [-0.1, -0.05) is 6.07 Å². The number of nitrogen functional groups attached to an aromatic ring is 1. The molecule has 0 radical (unpaired) electrons. The van der Waals surface area contributed by atoms with Crippen molar-refractivity contribution in [2.45, 2.75) is 29.6 Å². The average molecular weight is 250 g/mol. The van der Waals surface area contributed by atoms with Gasteiger partial charge in [-0.25, -0.2) is 8.42 Å². The lowest BCUT2D eigenvalue weighted by molar-refractivity contribution is 0.323. The van der Waals surface area contributed by atoms with E-state index in [1.54, 1.807) is 18.2 Å². The third-order valence-electron chi connectivity index (χ3n) is 3.39. The SMILES string of the molecule is CS(=O)(=O)c1cc(C2(C#N)CCC2)ccc1N. The number of anilines is 1. The molecule has 1 saturated carbocycles. The molecule has 0 aromatic heterocycles. The molecule has 1 aromatic carbocycles. The fourth-order valence-corrected chi connectivity index (χ4v) is 2.99. The first-order valence-corrected chi connectivity index (χ1v) is 7.29. The lowest BCUT2D eigenvalue weighted by Crippen LogP contribution is -2.32. The molecule has 2 N–H and O–H groups in total. The van der Waals surface area contributed by atoms with Gasteiger partial charge in [0.25, 0.3) is 0 Å². The highest BCUT2D eigenvalue weighted by Gasteiger charge is 2.39. The van der Waals surface area contributed by atoms with Gasteiger partial charge in [0, 0.05) is 6.26 Å². The molecule has 1 aromatic rings. The Morgan fingerprint density at radius 1 is 1.41 bits per heavy atom. The van der Waals surface area contributed by atoms with Gasteiger partial charge in [0.15, 0.2) is 9.84 Å². The van der Waals surface area contributed by atoms with Crippen LogP contribution in [-0.2, 0) is 15.3 Å². The topological polar surface area (TPSA) is 84.0 Å². The van der Waals surface area contributed by atoms with Crippen LogP contribution in [0.25, 0.3) is 0 Å². The second-order valence-corrected chi connectivity index (χ2v) is 6.56. The van der Waals surface area contributed by atoms with Gasteiger partial charge < -0.3 is 5.73 Å². The summed E-state index contributed by atoms with van der Waals surface area (Å²) in [6, 6.07) is 7.17. The van der Waals surface area contributed by atoms with E-state index < -0.39 is 15.3 Å². The summed E-state index contributed by atoms with van der Waals surface area (Å²) in [5.74, 6) is 0. The van der Waals surface area contributed by atoms with Crippen molar-refractivity contribution in [3.05, 3.63) is 23.8 Å². The summed E-state index contributed by atoms with van der Waals surface area (Å²) in [6.07, 6.45) is 3.71. The zero-order valence-corrected chi connectivity index (χ0v) is 10.4. The fourth-order valence-electron chi connectivity index (χ4n) is 2.15. The molecule has 1 aliphatic carbocycles. The molecule has 0 unspecified atom stereocenters. The van der Waals surface area contributed by atoms with Crippen LogP contribution in [0.3, 0.4) is 0 Å². The van der Waals surface area contributed by atoms with E-state index in [2.05, 4.69) is 6.07 Å². The summed E-state index contributed by atoms with van der Waals surface area (Å²) < 4.78 is 23.1. The second kappa shape index (κ2) is 3.74. The maximum absolute atomic E-state index is 11.6. The molecule has 1 fully saturated rings. The molecule has 5 heteroatoms. The van der Waals surface area contributed by atoms with Crippen molar-refractivity contribution < 1.29 is 8.42 Å². The van der Waals surface area contributed by atoms with Crippen LogP contribution in [0.2, 0.25) is 0 Å². The van der Waals surface area contributed by atoms with Crippen molar-refractivity contribution in [2.75, 3.05) is 12.0 Å². The molecule has 0 bridgehead atoms. The highest BCUT2D eigenvalue weighted by molar-refractivity contribution is 7.90. The van der Waals surface area contributed by atoms with Gasteiger partial charge in [-0.3, -0.25) is 0 Å². The van der Waals surface area contributed by atoms with Crippen molar-refractivity contribution in [1.29, 1.82) is 5.26 Å². The second-order valence-electron chi connectivity index (χ2n) is 4.57. The standard InChI is InChI=1S/C12H14N2O2S/c1-17(15,16)11-7-9(3-4-10(11)14)12(8-13)5-2-6-12/h3-4,7H,2,5-6,14H2,1H3. The van der Waals surface area contributed by atoms with Crippen LogP contribution in [0.15, 0.2) is 23.1 Å². The summed E-state index contributed by atoms with van der Waals surface area (Å²) in [5, 5.41) is 9.22. The molecule has 1 aliphatic rings. The summed E-state index contributed by atoms with van der Waals surface area (Å²) >= 11 is 0. The Hall–Kier alpha value is -1.54. The van der Waals surface area contributed by atoms with Crippen LogP contribution in [-0.4, -0.2) is 14.7 Å². The lowest BCUT2D eigenvalue weighted by Gasteiger charge is -2.35. The monoisotopic (exact) mass is 250 g/mol. The number of nitriles is 1. The van der Waals surface area contributed by atoms with Gasteiger partial charge in [-0.15, -0.1) is 0 Å². The quantitative estimate of drug-likeness (QED) is 0.808. The van der Waals surface area contributed by atoms with Gasteiger partial charge in [-0.05, 0) is 37.0 Å². The molecule has 0 heterocycles. The van der Waals surface area contributed by atoms with Crippen LogP contribution < -0.4 is 5.73 Å². The van der Waals surface area contributed by atoms with Crippen LogP contribution in [0.5, 0.6) is 0 Å². The molecular formula is C12H14N2O2S. The summed E-state index contributed by atoms with van der Waals surface area (Å²) in [5.41, 5.74) is 6.16. The molecule has 0 aliphatic heterocycles. The molecule has 2 rings (SSSR count). The molecule has 90 valence electrons. The molecule has 0 amide bonds.